The molecule has 0 N–H and O–H groups in total. The Morgan fingerprint density at radius 1 is 0.864 bits per heavy atom. The number of hydrogen-bond donors (Lipinski definition) is 0. The molecule has 0 aliphatic rings. The van der Waals surface area contributed by atoms with Crippen molar-refractivity contribution in [2.45, 2.75) is 25.9 Å². The summed E-state index contributed by atoms with van der Waals surface area (Å²) in [6, 6.07) is 20.6. The lowest BCUT2D eigenvalue weighted by molar-refractivity contribution is 0.0172. The molecule has 1 radical (unpaired) electrons. The maximum atomic E-state index is 6.03. The first-order valence-corrected chi connectivity index (χ1v) is 8.04. The zero-order chi connectivity index (χ0) is 15.5. The van der Waals surface area contributed by atoms with Crippen LogP contribution in [0.4, 0.5) is 0 Å². The topological polar surface area (TPSA) is 18.5 Å². The molecule has 0 heterocycles. The maximum Gasteiger partial charge on any atom is 0.0901 e. The summed E-state index contributed by atoms with van der Waals surface area (Å²) in [7, 11) is 0. The first-order valence-electron chi connectivity index (χ1n) is 8.04. The first kappa shape index (κ1) is 16.7. The van der Waals surface area contributed by atoms with Gasteiger partial charge in [-0.3, -0.25) is 0 Å². The third-order valence-electron chi connectivity index (χ3n) is 3.44. The summed E-state index contributed by atoms with van der Waals surface area (Å²) in [6.07, 6.45) is 4.38. The summed E-state index contributed by atoms with van der Waals surface area (Å²) in [5, 5.41) is 0. The van der Waals surface area contributed by atoms with Crippen molar-refractivity contribution < 1.29 is 9.47 Å². The van der Waals surface area contributed by atoms with Gasteiger partial charge in [-0.1, -0.05) is 74.0 Å². The van der Waals surface area contributed by atoms with Gasteiger partial charge in [0.15, 0.2) is 0 Å². The normalized spacial score (nSPS) is 12.2. The van der Waals surface area contributed by atoms with Crippen LogP contribution < -0.4 is 0 Å². The van der Waals surface area contributed by atoms with Gasteiger partial charge in [-0.15, -0.1) is 0 Å². The summed E-state index contributed by atoms with van der Waals surface area (Å²) < 4.78 is 11.6. The van der Waals surface area contributed by atoms with E-state index >= 15 is 0 Å². The van der Waals surface area contributed by atoms with E-state index in [0.29, 0.717) is 13.2 Å². The van der Waals surface area contributed by atoms with Crippen LogP contribution in [0.25, 0.3) is 0 Å². The molecule has 0 amide bonds. The zero-order valence-electron chi connectivity index (χ0n) is 13.3. The van der Waals surface area contributed by atoms with Crippen LogP contribution in [0.15, 0.2) is 60.7 Å². The predicted molar refractivity (Wildman–Crippen MR) is 90.7 cm³/mol. The van der Waals surface area contributed by atoms with Crippen molar-refractivity contribution in [3.8, 4) is 0 Å². The highest BCUT2D eigenvalue weighted by Gasteiger charge is 2.13. The lowest BCUT2D eigenvalue weighted by Crippen LogP contribution is -2.11. The number of ether oxygens (including phenoxy) is 2. The Hall–Kier alpha value is -1.64. The van der Waals surface area contributed by atoms with Gasteiger partial charge < -0.3 is 9.47 Å². The van der Waals surface area contributed by atoms with E-state index in [1.165, 1.54) is 11.1 Å². The maximum absolute atomic E-state index is 6.03. The molecule has 0 spiro atoms. The monoisotopic (exact) mass is 297 g/mol. The Morgan fingerprint density at radius 3 is 2.23 bits per heavy atom. The van der Waals surface area contributed by atoms with E-state index in [1.54, 1.807) is 0 Å². The zero-order valence-corrected chi connectivity index (χ0v) is 13.3. The molecule has 0 fully saturated rings. The van der Waals surface area contributed by atoms with Crippen LogP contribution in [0.2, 0.25) is 0 Å². The Bertz CT molecular complexity index is 496. The second-order valence-corrected chi connectivity index (χ2v) is 5.25. The highest BCUT2D eigenvalue weighted by molar-refractivity contribution is 5.29. The lowest BCUT2D eigenvalue weighted by atomic mass is 10.0. The number of hydrogen-bond acceptors (Lipinski definition) is 2. The van der Waals surface area contributed by atoms with Crippen LogP contribution in [0, 0.1) is 6.42 Å². The minimum Gasteiger partial charge on any atom is -0.379 e. The molecule has 0 aliphatic heterocycles. The summed E-state index contributed by atoms with van der Waals surface area (Å²) in [5.41, 5.74) is 2.34. The van der Waals surface area contributed by atoms with Crippen LogP contribution >= 0.6 is 0 Å². The van der Waals surface area contributed by atoms with Crippen molar-refractivity contribution in [2.24, 2.45) is 0 Å². The van der Waals surface area contributed by atoms with E-state index in [1.807, 2.05) is 36.4 Å². The molecule has 1 unspecified atom stereocenters. The Morgan fingerprint density at radius 2 is 1.55 bits per heavy atom. The summed E-state index contributed by atoms with van der Waals surface area (Å²) in [5.74, 6) is 0. The lowest BCUT2D eigenvalue weighted by Gasteiger charge is -2.18. The van der Waals surface area contributed by atoms with E-state index in [4.69, 9.17) is 9.47 Å². The van der Waals surface area contributed by atoms with Gasteiger partial charge in [0, 0.05) is 13.0 Å². The van der Waals surface area contributed by atoms with Crippen molar-refractivity contribution in [2.75, 3.05) is 19.8 Å². The Kier molecular flexibility index (Phi) is 7.71. The third kappa shape index (κ3) is 6.00. The Labute approximate surface area is 134 Å². The average molecular weight is 297 g/mol. The predicted octanol–water partition coefficient (Wildman–Crippen LogP) is 4.81. The summed E-state index contributed by atoms with van der Waals surface area (Å²) in [4.78, 5) is 0. The van der Waals surface area contributed by atoms with Gasteiger partial charge in [0.25, 0.3) is 0 Å². The highest BCUT2D eigenvalue weighted by Crippen LogP contribution is 2.24. The van der Waals surface area contributed by atoms with Crippen molar-refractivity contribution in [1.82, 2.24) is 0 Å². The van der Waals surface area contributed by atoms with Crippen molar-refractivity contribution in [1.29, 1.82) is 0 Å². The van der Waals surface area contributed by atoms with Gasteiger partial charge in [0.05, 0.1) is 19.3 Å². The fraction of sp³-hybridized carbons (Fsp3) is 0.350. The number of benzene rings is 2. The van der Waals surface area contributed by atoms with E-state index in [2.05, 4.69) is 37.6 Å². The van der Waals surface area contributed by atoms with Gasteiger partial charge in [0.1, 0.15) is 0 Å². The SMILES string of the molecule is CCCCOCCOC([CH]c1ccccc1)c1ccccc1. The van der Waals surface area contributed by atoms with Crippen molar-refractivity contribution >= 4 is 0 Å². The van der Waals surface area contributed by atoms with E-state index in [-0.39, 0.29) is 6.10 Å². The minimum atomic E-state index is -0.0432. The van der Waals surface area contributed by atoms with Crippen LogP contribution in [0.5, 0.6) is 0 Å². The molecule has 2 nitrogen and oxygen atoms in total. The molecule has 0 aromatic heterocycles. The molecular formula is C20H25O2. The molecule has 0 bridgehead atoms. The molecular weight excluding hydrogens is 272 g/mol. The average Bonchev–Trinajstić information content (AvgIpc) is 2.58. The highest BCUT2D eigenvalue weighted by atomic mass is 16.5. The fourth-order valence-electron chi connectivity index (χ4n) is 2.20. The van der Waals surface area contributed by atoms with Gasteiger partial charge in [-0.25, -0.2) is 0 Å². The second-order valence-electron chi connectivity index (χ2n) is 5.25. The molecule has 22 heavy (non-hydrogen) atoms. The largest absolute Gasteiger partial charge is 0.379 e. The van der Waals surface area contributed by atoms with Gasteiger partial charge in [-0.2, -0.15) is 0 Å². The first-order chi connectivity index (χ1) is 10.9. The quantitative estimate of drug-likeness (QED) is 0.586. The summed E-state index contributed by atoms with van der Waals surface area (Å²) >= 11 is 0. The molecule has 2 aromatic carbocycles. The third-order valence-corrected chi connectivity index (χ3v) is 3.44. The van der Waals surface area contributed by atoms with Crippen LogP contribution in [0.1, 0.15) is 37.0 Å². The number of rotatable bonds is 10. The van der Waals surface area contributed by atoms with Gasteiger partial charge in [0.2, 0.25) is 0 Å². The minimum absolute atomic E-state index is 0.0432. The molecule has 2 heteroatoms. The molecule has 0 saturated heterocycles. The molecule has 2 aromatic rings. The van der Waals surface area contributed by atoms with E-state index in [0.717, 1.165) is 19.4 Å². The number of unbranched alkanes of at least 4 members (excludes halogenated alkanes) is 1. The fourth-order valence-corrected chi connectivity index (χ4v) is 2.20. The molecule has 0 aliphatic carbocycles. The smallest absolute Gasteiger partial charge is 0.0901 e. The van der Waals surface area contributed by atoms with Crippen molar-refractivity contribution in [3.63, 3.8) is 0 Å². The van der Waals surface area contributed by atoms with E-state index < -0.39 is 0 Å². The molecule has 117 valence electrons. The second kappa shape index (κ2) is 10.1. The Balaban J connectivity index is 1.88. The van der Waals surface area contributed by atoms with Crippen LogP contribution in [-0.4, -0.2) is 19.8 Å². The van der Waals surface area contributed by atoms with Crippen molar-refractivity contribution in [3.05, 3.63) is 78.2 Å². The standard InChI is InChI=1S/C20H25O2/c1-2-3-14-21-15-16-22-20(19-12-8-5-9-13-19)17-18-10-6-4-7-11-18/h4-13,17,20H,2-3,14-16H2,1H3. The van der Waals surface area contributed by atoms with Gasteiger partial charge >= 0.3 is 0 Å². The van der Waals surface area contributed by atoms with E-state index in [9.17, 15) is 0 Å². The molecule has 0 saturated carbocycles. The van der Waals surface area contributed by atoms with Gasteiger partial charge in [-0.05, 0) is 17.5 Å². The molecule has 1 atom stereocenters. The molecule has 2 rings (SSSR count). The van der Waals surface area contributed by atoms with Crippen LogP contribution in [-0.2, 0) is 9.47 Å². The summed E-state index contributed by atoms with van der Waals surface area (Å²) in [6.45, 7) is 4.23. The van der Waals surface area contributed by atoms with Crippen LogP contribution in [0.3, 0.4) is 0 Å².